The van der Waals surface area contributed by atoms with Gasteiger partial charge in [0.25, 0.3) is 0 Å². The van der Waals surface area contributed by atoms with Crippen molar-refractivity contribution in [3.05, 3.63) is 60.7 Å². The highest BCUT2D eigenvalue weighted by molar-refractivity contribution is 5.90. The molecule has 0 spiro atoms. The number of piperazine rings is 1. The molecule has 0 saturated carbocycles. The SMILES string of the molecule is N#Cc1ccnc(Nc2cc(-c3nc(N4CCNCC4)c4ccncc4n3)ccn2)c1. The first kappa shape index (κ1) is 18.8. The fraction of sp³-hybridized carbons (Fsp3) is 0.182. The zero-order valence-corrected chi connectivity index (χ0v) is 16.7. The lowest BCUT2D eigenvalue weighted by atomic mass is 10.2. The number of aromatic nitrogens is 5. The van der Waals surface area contributed by atoms with Crippen LogP contribution < -0.4 is 15.5 Å². The Kier molecular flexibility index (Phi) is 5.04. The predicted octanol–water partition coefficient (Wildman–Crippen LogP) is 2.51. The van der Waals surface area contributed by atoms with Crippen LogP contribution in [0, 0.1) is 11.3 Å². The second-order valence-corrected chi connectivity index (χ2v) is 7.10. The molecule has 2 N–H and O–H groups in total. The fourth-order valence-corrected chi connectivity index (χ4v) is 3.55. The molecule has 0 aliphatic carbocycles. The summed E-state index contributed by atoms with van der Waals surface area (Å²) in [7, 11) is 0. The Morgan fingerprint density at radius 3 is 2.61 bits per heavy atom. The van der Waals surface area contributed by atoms with Crippen LogP contribution >= 0.6 is 0 Å². The molecule has 0 unspecified atom stereocenters. The number of rotatable bonds is 4. The van der Waals surface area contributed by atoms with Gasteiger partial charge in [0.1, 0.15) is 17.5 Å². The molecule has 1 saturated heterocycles. The van der Waals surface area contributed by atoms with Crippen molar-refractivity contribution in [1.82, 2.24) is 30.2 Å². The molecule has 31 heavy (non-hydrogen) atoms. The van der Waals surface area contributed by atoms with Crippen molar-refractivity contribution in [3.63, 3.8) is 0 Å². The van der Waals surface area contributed by atoms with E-state index in [0.717, 1.165) is 48.5 Å². The molecule has 0 radical (unpaired) electrons. The van der Waals surface area contributed by atoms with E-state index in [1.807, 2.05) is 18.2 Å². The number of pyridine rings is 3. The van der Waals surface area contributed by atoms with E-state index in [4.69, 9.17) is 15.2 Å². The van der Waals surface area contributed by atoms with Crippen LogP contribution in [-0.2, 0) is 0 Å². The Morgan fingerprint density at radius 1 is 0.968 bits per heavy atom. The van der Waals surface area contributed by atoms with E-state index in [-0.39, 0.29) is 0 Å². The number of nitrogens with one attached hydrogen (secondary N) is 2. The van der Waals surface area contributed by atoms with Gasteiger partial charge in [0.15, 0.2) is 5.82 Å². The maximum absolute atomic E-state index is 9.09. The van der Waals surface area contributed by atoms with Gasteiger partial charge in [0, 0.05) is 55.7 Å². The summed E-state index contributed by atoms with van der Waals surface area (Å²) in [6.45, 7) is 3.61. The van der Waals surface area contributed by atoms with Crippen LogP contribution in [0.3, 0.4) is 0 Å². The molecule has 152 valence electrons. The van der Waals surface area contributed by atoms with Crippen LogP contribution in [0.15, 0.2) is 55.1 Å². The Morgan fingerprint density at radius 2 is 1.77 bits per heavy atom. The van der Waals surface area contributed by atoms with Crippen LogP contribution in [0.2, 0.25) is 0 Å². The smallest absolute Gasteiger partial charge is 0.162 e. The van der Waals surface area contributed by atoms with Gasteiger partial charge in [-0.2, -0.15) is 5.26 Å². The Labute approximate surface area is 178 Å². The van der Waals surface area contributed by atoms with Gasteiger partial charge in [0.05, 0.1) is 23.3 Å². The molecule has 0 bridgehead atoms. The quantitative estimate of drug-likeness (QED) is 0.524. The molecule has 5 rings (SSSR count). The van der Waals surface area contributed by atoms with E-state index in [2.05, 4.69) is 36.6 Å². The van der Waals surface area contributed by atoms with Gasteiger partial charge in [-0.3, -0.25) is 4.98 Å². The molecule has 5 heterocycles. The highest BCUT2D eigenvalue weighted by atomic mass is 15.2. The Bertz CT molecular complexity index is 1280. The van der Waals surface area contributed by atoms with Gasteiger partial charge >= 0.3 is 0 Å². The van der Waals surface area contributed by atoms with Gasteiger partial charge in [-0.15, -0.1) is 0 Å². The summed E-state index contributed by atoms with van der Waals surface area (Å²) in [5.74, 6) is 2.67. The zero-order chi connectivity index (χ0) is 21.0. The van der Waals surface area contributed by atoms with Gasteiger partial charge in [-0.05, 0) is 30.3 Å². The van der Waals surface area contributed by atoms with Crippen molar-refractivity contribution in [2.45, 2.75) is 0 Å². The van der Waals surface area contributed by atoms with Crippen molar-refractivity contribution in [1.29, 1.82) is 5.26 Å². The molecular formula is C22H19N9. The molecule has 1 fully saturated rings. The maximum atomic E-state index is 9.09. The van der Waals surface area contributed by atoms with Crippen LogP contribution in [-0.4, -0.2) is 51.1 Å². The number of nitrogens with zero attached hydrogens (tertiary/aromatic N) is 7. The largest absolute Gasteiger partial charge is 0.353 e. The molecule has 0 amide bonds. The zero-order valence-electron chi connectivity index (χ0n) is 16.7. The average molecular weight is 409 g/mol. The van der Waals surface area contributed by atoms with Crippen LogP contribution in [0.1, 0.15) is 5.56 Å². The second kappa shape index (κ2) is 8.30. The van der Waals surface area contributed by atoms with E-state index in [1.165, 1.54) is 0 Å². The van der Waals surface area contributed by atoms with Crippen molar-refractivity contribution < 1.29 is 0 Å². The fourth-order valence-electron chi connectivity index (χ4n) is 3.55. The Hall–Kier alpha value is -4.16. The minimum Gasteiger partial charge on any atom is -0.353 e. The molecule has 9 heteroatoms. The molecule has 1 aliphatic rings. The third kappa shape index (κ3) is 3.97. The predicted molar refractivity (Wildman–Crippen MR) is 118 cm³/mol. The lowest BCUT2D eigenvalue weighted by Gasteiger charge is -2.29. The van der Waals surface area contributed by atoms with E-state index in [0.29, 0.717) is 23.0 Å². The normalized spacial score (nSPS) is 13.7. The van der Waals surface area contributed by atoms with E-state index in [9.17, 15) is 0 Å². The number of hydrogen-bond donors (Lipinski definition) is 2. The lowest BCUT2D eigenvalue weighted by Crippen LogP contribution is -2.44. The summed E-state index contributed by atoms with van der Waals surface area (Å²) < 4.78 is 0. The molecule has 0 aromatic carbocycles. The molecule has 0 atom stereocenters. The number of fused-ring (bicyclic) bond motifs is 1. The van der Waals surface area contributed by atoms with Crippen LogP contribution in [0.4, 0.5) is 17.5 Å². The van der Waals surface area contributed by atoms with Gasteiger partial charge in [-0.25, -0.2) is 19.9 Å². The number of nitriles is 1. The van der Waals surface area contributed by atoms with Crippen LogP contribution in [0.25, 0.3) is 22.3 Å². The first-order chi connectivity index (χ1) is 15.3. The van der Waals surface area contributed by atoms with E-state index in [1.54, 1.807) is 36.9 Å². The second-order valence-electron chi connectivity index (χ2n) is 7.10. The maximum Gasteiger partial charge on any atom is 0.162 e. The van der Waals surface area contributed by atoms with Gasteiger partial charge < -0.3 is 15.5 Å². The first-order valence-corrected chi connectivity index (χ1v) is 9.97. The van der Waals surface area contributed by atoms with Gasteiger partial charge in [0.2, 0.25) is 0 Å². The minimum atomic E-state index is 0.527. The first-order valence-electron chi connectivity index (χ1n) is 9.97. The topological polar surface area (TPSA) is 116 Å². The summed E-state index contributed by atoms with van der Waals surface area (Å²) in [6.07, 6.45) is 6.83. The summed E-state index contributed by atoms with van der Waals surface area (Å²) in [4.78, 5) is 24.8. The highest BCUT2D eigenvalue weighted by Crippen LogP contribution is 2.28. The standard InChI is InChI=1S/C22H19N9/c23-13-15-1-5-26-19(11-15)29-20-12-16(2-6-27-20)21-28-18-14-25-4-3-17(18)22(30-21)31-9-7-24-8-10-31/h1-6,11-12,14,24H,7-10H2,(H,26,27,29). The number of hydrogen-bond acceptors (Lipinski definition) is 9. The average Bonchev–Trinajstić information content (AvgIpc) is 2.84. The van der Waals surface area contributed by atoms with E-state index < -0.39 is 0 Å². The monoisotopic (exact) mass is 409 g/mol. The highest BCUT2D eigenvalue weighted by Gasteiger charge is 2.17. The molecule has 9 nitrogen and oxygen atoms in total. The summed E-state index contributed by atoms with van der Waals surface area (Å²) in [6, 6.07) is 11.2. The van der Waals surface area contributed by atoms with Crippen molar-refractivity contribution in [3.8, 4) is 17.5 Å². The summed E-state index contributed by atoms with van der Waals surface area (Å²) in [5, 5.41) is 16.6. The summed E-state index contributed by atoms with van der Waals surface area (Å²) >= 11 is 0. The van der Waals surface area contributed by atoms with Gasteiger partial charge in [-0.1, -0.05) is 0 Å². The van der Waals surface area contributed by atoms with E-state index >= 15 is 0 Å². The molecule has 4 aromatic heterocycles. The lowest BCUT2D eigenvalue weighted by molar-refractivity contribution is 0.586. The molecule has 1 aliphatic heterocycles. The van der Waals surface area contributed by atoms with Crippen molar-refractivity contribution in [2.75, 3.05) is 36.4 Å². The third-order valence-electron chi connectivity index (χ3n) is 5.06. The van der Waals surface area contributed by atoms with Crippen molar-refractivity contribution >= 4 is 28.4 Å². The molecular weight excluding hydrogens is 390 g/mol. The van der Waals surface area contributed by atoms with Crippen LogP contribution in [0.5, 0.6) is 0 Å². The third-order valence-corrected chi connectivity index (χ3v) is 5.06. The van der Waals surface area contributed by atoms with Crippen molar-refractivity contribution in [2.24, 2.45) is 0 Å². The molecule has 4 aromatic rings. The number of anilines is 3. The minimum absolute atomic E-state index is 0.527. The Balaban J connectivity index is 1.53. The summed E-state index contributed by atoms with van der Waals surface area (Å²) in [5.41, 5.74) is 2.16.